The molecular formula is C22H23F2N3O2. The lowest BCUT2D eigenvalue weighted by Crippen LogP contribution is -2.25. The highest BCUT2D eigenvalue weighted by Gasteiger charge is 2.16. The molecule has 5 nitrogen and oxygen atoms in total. The molecule has 0 unspecified atom stereocenters. The van der Waals surface area contributed by atoms with Crippen LogP contribution in [0.25, 0.3) is 5.69 Å². The number of ether oxygens (including phenoxy) is 1. The zero-order chi connectivity index (χ0) is 20.6. The summed E-state index contributed by atoms with van der Waals surface area (Å²) in [6.07, 6.45) is 3.66. The van der Waals surface area contributed by atoms with Gasteiger partial charge in [-0.15, -0.1) is 0 Å². The van der Waals surface area contributed by atoms with Crippen molar-refractivity contribution in [3.8, 4) is 11.4 Å². The van der Waals surface area contributed by atoms with Crippen LogP contribution in [0.15, 0.2) is 54.7 Å². The van der Waals surface area contributed by atoms with Gasteiger partial charge in [-0.1, -0.05) is 6.92 Å². The molecule has 0 aliphatic carbocycles. The summed E-state index contributed by atoms with van der Waals surface area (Å²) in [5, 5.41) is 7.19. The van der Waals surface area contributed by atoms with Gasteiger partial charge in [0.2, 0.25) is 0 Å². The second-order valence-corrected chi connectivity index (χ2v) is 6.51. The molecule has 3 aromatic rings. The first-order valence-corrected chi connectivity index (χ1v) is 9.58. The normalized spacial score (nSPS) is 10.7. The largest absolute Gasteiger partial charge is 0.494 e. The topological polar surface area (TPSA) is 56.1 Å². The maximum absolute atomic E-state index is 13.1. The van der Waals surface area contributed by atoms with E-state index in [1.807, 2.05) is 6.92 Å². The van der Waals surface area contributed by atoms with Crippen LogP contribution in [0.5, 0.6) is 5.75 Å². The van der Waals surface area contributed by atoms with Gasteiger partial charge in [0.25, 0.3) is 5.91 Å². The zero-order valence-corrected chi connectivity index (χ0v) is 16.2. The van der Waals surface area contributed by atoms with Gasteiger partial charge in [-0.25, -0.2) is 13.5 Å². The van der Waals surface area contributed by atoms with E-state index in [1.165, 1.54) is 30.5 Å². The second kappa shape index (κ2) is 9.82. The first-order chi connectivity index (χ1) is 14.1. The smallest absolute Gasteiger partial charge is 0.254 e. The summed E-state index contributed by atoms with van der Waals surface area (Å²) in [6, 6.07) is 11.9. The van der Waals surface area contributed by atoms with Crippen molar-refractivity contribution in [1.29, 1.82) is 0 Å². The monoisotopic (exact) mass is 399 g/mol. The summed E-state index contributed by atoms with van der Waals surface area (Å²) < 4.78 is 33.2. The quantitative estimate of drug-likeness (QED) is 0.546. The number of nitrogens with zero attached hydrogens (tertiary/aromatic N) is 2. The summed E-state index contributed by atoms with van der Waals surface area (Å²) in [5.41, 5.74) is 1.99. The van der Waals surface area contributed by atoms with Crippen molar-refractivity contribution >= 4 is 5.91 Å². The van der Waals surface area contributed by atoms with E-state index in [-0.39, 0.29) is 17.5 Å². The maximum atomic E-state index is 13.1. The average molecular weight is 399 g/mol. The summed E-state index contributed by atoms with van der Waals surface area (Å²) in [7, 11) is 0. The number of hydrogen-bond acceptors (Lipinski definition) is 3. The van der Waals surface area contributed by atoms with Crippen LogP contribution in [0.3, 0.4) is 0 Å². The molecule has 0 bridgehead atoms. The number of amides is 1. The highest BCUT2D eigenvalue weighted by atomic mass is 19.1. The minimum atomic E-state index is -0.319. The maximum Gasteiger partial charge on any atom is 0.254 e. The summed E-state index contributed by atoms with van der Waals surface area (Å²) in [4.78, 5) is 12.5. The number of unbranched alkanes of at least 4 members (excludes halogenated alkanes) is 1. The molecule has 0 saturated heterocycles. The predicted molar refractivity (Wildman–Crippen MR) is 106 cm³/mol. The zero-order valence-electron chi connectivity index (χ0n) is 16.2. The van der Waals surface area contributed by atoms with Crippen molar-refractivity contribution in [3.63, 3.8) is 0 Å². The van der Waals surface area contributed by atoms with Crippen LogP contribution in [0, 0.1) is 11.6 Å². The van der Waals surface area contributed by atoms with E-state index in [0.717, 1.165) is 18.5 Å². The van der Waals surface area contributed by atoms with Gasteiger partial charge in [0.15, 0.2) is 0 Å². The van der Waals surface area contributed by atoms with Crippen molar-refractivity contribution < 1.29 is 18.3 Å². The lowest BCUT2D eigenvalue weighted by molar-refractivity contribution is 0.0951. The van der Waals surface area contributed by atoms with Crippen molar-refractivity contribution in [1.82, 2.24) is 15.1 Å². The molecule has 3 rings (SSSR count). The number of carbonyl (C=O) groups excluding carboxylic acids is 1. The Morgan fingerprint density at radius 3 is 2.34 bits per heavy atom. The van der Waals surface area contributed by atoms with E-state index < -0.39 is 0 Å². The fraction of sp³-hybridized carbons (Fsp3) is 0.273. The molecule has 29 heavy (non-hydrogen) atoms. The Morgan fingerprint density at radius 2 is 1.69 bits per heavy atom. The molecule has 0 aliphatic heterocycles. The van der Waals surface area contributed by atoms with Gasteiger partial charge in [-0.2, -0.15) is 5.10 Å². The first-order valence-electron chi connectivity index (χ1n) is 9.58. The van der Waals surface area contributed by atoms with Gasteiger partial charge in [-0.3, -0.25) is 4.79 Å². The van der Waals surface area contributed by atoms with Crippen LogP contribution in [0.1, 0.15) is 35.8 Å². The minimum Gasteiger partial charge on any atom is -0.494 e. The summed E-state index contributed by atoms with van der Waals surface area (Å²) >= 11 is 0. The molecule has 0 spiro atoms. The predicted octanol–water partition coefficient (Wildman–Crippen LogP) is 4.30. The fourth-order valence-electron chi connectivity index (χ4n) is 2.95. The molecule has 0 aliphatic rings. The molecule has 0 fully saturated rings. The molecule has 0 atom stereocenters. The number of benzene rings is 2. The van der Waals surface area contributed by atoms with Crippen molar-refractivity contribution in [2.45, 2.75) is 26.2 Å². The second-order valence-electron chi connectivity index (χ2n) is 6.51. The molecule has 1 amide bonds. The third-order valence-corrected chi connectivity index (χ3v) is 4.46. The number of aromatic nitrogens is 2. The van der Waals surface area contributed by atoms with Crippen molar-refractivity contribution in [2.24, 2.45) is 0 Å². The third kappa shape index (κ3) is 5.40. The van der Waals surface area contributed by atoms with E-state index in [4.69, 9.17) is 4.74 Å². The Bertz CT molecular complexity index is 938. The van der Waals surface area contributed by atoms with E-state index in [2.05, 4.69) is 10.4 Å². The molecule has 1 N–H and O–H groups in total. The molecule has 0 saturated carbocycles. The number of rotatable bonds is 9. The van der Waals surface area contributed by atoms with Crippen LogP contribution < -0.4 is 10.1 Å². The van der Waals surface area contributed by atoms with Gasteiger partial charge in [0, 0.05) is 6.54 Å². The summed E-state index contributed by atoms with van der Waals surface area (Å²) in [6.45, 7) is 2.95. The number of halogens is 2. The van der Waals surface area contributed by atoms with Crippen LogP contribution in [0.4, 0.5) is 8.78 Å². The van der Waals surface area contributed by atoms with Gasteiger partial charge in [-0.05, 0) is 67.8 Å². The number of nitrogens with one attached hydrogen (secondary N) is 1. The Labute approximate surface area is 168 Å². The molecule has 2 aromatic carbocycles. The van der Waals surface area contributed by atoms with Crippen LogP contribution in [0.2, 0.25) is 0 Å². The van der Waals surface area contributed by atoms with Crippen LogP contribution in [-0.4, -0.2) is 28.8 Å². The Hall–Kier alpha value is -3.22. The highest BCUT2D eigenvalue weighted by molar-refractivity contribution is 5.95. The van der Waals surface area contributed by atoms with Gasteiger partial charge < -0.3 is 10.1 Å². The standard InChI is InChI=1S/C22H23F2N3O2/c1-2-21-20(15-26-27(21)18-9-5-16(23)6-10-18)22(28)25-13-3-4-14-29-19-11-7-17(24)8-12-19/h5-12,15H,2-4,13-14H2,1H3,(H,25,28). The molecular weight excluding hydrogens is 376 g/mol. The third-order valence-electron chi connectivity index (χ3n) is 4.46. The molecule has 7 heteroatoms. The minimum absolute atomic E-state index is 0.185. The van der Waals surface area contributed by atoms with Crippen molar-refractivity contribution in [3.05, 3.63) is 77.6 Å². The lowest BCUT2D eigenvalue weighted by Gasteiger charge is -2.09. The molecule has 1 heterocycles. The Balaban J connectivity index is 1.48. The SMILES string of the molecule is CCc1c(C(=O)NCCCCOc2ccc(F)cc2)cnn1-c1ccc(F)cc1. The van der Waals surface area contributed by atoms with Gasteiger partial charge in [0.05, 0.1) is 29.7 Å². The van der Waals surface area contributed by atoms with Gasteiger partial charge >= 0.3 is 0 Å². The lowest BCUT2D eigenvalue weighted by atomic mass is 10.2. The highest BCUT2D eigenvalue weighted by Crippen LogP contribution is 2.16. The number of carbonyl (C=O) groups is 1. The van der Waals surface area contributed by atoms with E-state index in [9.17, 15) is 13.6 Å². The van der Waals surface area contributed by atoms with E-state index >= 15 is 0 Å². The molecule has 0 radical (unpaired) electrons. The van der Waals surface area contributed by atoms with E-state index in [0.29, 0.717) is 36.6 Å². The van der Waals surface area contributed by atoms with Crippen molar-refractivity contribution in [2.75, 3.05) is 13.2 Å². The molecule has 1 aromatic heterocycles. The summed E-state index contributed by atoms with van der Waals surface area (Å²) in [5.74, 6) is -0.180. The van der Waals surface area contributed by atoms with Gasteiger partial charge in [0.1, 0.15) is 17.4 Å². The van der Waals surface area contributed by atoms with Crippen LogP contribution >= 0.6 is 0 Å². The Morgan fingerprint density at radius 1 is 1.03 bits per heavy atom. The average Bonchev–Trinajstić information content (AvgIpc) is 3.16. The van der Waals surface area contributed by atoms with Crippen LogP contribution in [-0.2, 0) is 6.42 Å². The fourth-order valence-corrected chi connectivity index (χ4v) is 2.95. The first kappa shape index (κ1) is 20.5. The Kier molecular flexibility index (Phi) is 6.94. The number of hydrogen-bond donors (Lipinski definition) is 1. The van der Waals surface area contributed by atoms with E-state index in [1.54, 1.807) is 28.9 Å². The molecule has 152 valence electrons.